The Hall–Kier alpha value is -2.34. The van der Waals surface area contributed by atoms with E-state index < -0.39 is 0 Å². The highest BCUT2D eigenvalue weighted by atomic mass is 17.2. The molecular formula is C23H27N2O3+. The number of hydrogen-bond acceptors (Lipinski definition) is 4. The van der Waals surface area contributed by atoms with E-state index in [-0.39, 0.29) is 0 Å². The van der Waals surface area contributed by atoms with Gasteiger partial charge in [-0.15, -0.1) is 0 Å². The van der Waals surface area contributed by atoms with Gasteiger partial charge in [-0.05, 0) is 30.7 Å². The van der Waals surface area contributed by atoms with Crippen LogP contribution in [0.4, 0.5) is 5.69 Å². The molecule has 0 radical (unpaired) electrons. The molecular weight excluding hydrogens is 352 g/mol. The van der Waals surface area contributed by atoms with Crippen LogP contribution in [0.15, 0.2) is 47.1 Å². The van der Waals surface area contributed by atoms with Crippen molar-refractivity contribution in [1.29, 1.82) is 0 Å². The molecule has 5 rings (SSSR count). The normalized spacial score (nSPS) is 18.6. The highest BCUT2D eigenvalue weighted by molar-refractivity contribution is 5.84. The minimum Gasteiger partial charge on any atom is -0.464 e. The number of hydrogen-bond donors (Lipinski definition) is 1. The van der Waals surface area contributed by atoms with E-state index in [4.69, 9.17) is 14.2 Å². The van der Waals surface area contributed by atoms with Crippen molar-refractivity contribution in [2.45, 2.75) is 19.8 Å². The predicted octanol–water partition coefficient (Wildman–Crippen LogP) is 3.76. The van der Waals surface area contributed by atoms with Crippen LogP contribution in [-0.2, 0) is 17.7 Å². The molecule has 2 aliphatic heterocycles. The predicted molar refractivity (Wildman–Crippen MR) is 111 cm³/mol. The summed E-state index contributed by atoms with van der Waals surface area (Å²) in [6, 6.07) is 12.7. The second-order valence-electron chi connectivity index (χ2n) is 7.93. The van der Waals surface area contributed by atoms with Gasteiger partial charge in [-0.3, -0.25) is 4.48 Å². The summed E-state index contributed by atoms with van der Waals surface area (Å²) in [5.74, 6) is 0.879. The zero-order chi connectivity index (χ0) is 19.0. The fourth-order valence-electron chi connectivity index (χ4n) is 4.85. The maximum Gasteiger partial charge on any atom is 0.174 e. The fraction of sp³-hybridized carbons (Fsp3) is 0.391. The molecule has 0 aliphatic carbocycles. The number of piperazine rings is 1. The molecule has 0 bridgehead atoms. The zero-order valence-corrected chi connectivity index (χ0v) is 16.4. The number of nitrogens with zero attached hydrogens (tertiary/aromatic N) is 1. The Morgan fingerprint density at radius 1 is 1.07 bits per heavy atom. The molecule has 0 amide bonds. The van der Waals surface area contributed by atoms with Crippen molar-refractivity contribution in [1.82, 2.24) is 9.80 Å². The molecule has 3 aromatic rings. The number of fused-ring (bicyclic) bond motifs is 2. The van der Waals surface area contributed by atoms with Gasteiger partial charge in [0.15, 0.2) is 5.75 Å². The van der Waals surface area contributed by atoms with Crippen molar-refractivity contribution in [2.24, 2.45) is 0 Å². The lowest BCUT2D eigenvalue weighted by atomic mass is 10.0. The van der Waals surface area contributed by atoms with Crippen LogP contribution in [-0.4, -0.2) is 39.3 Å². The first-order valence-electron chi connectivity index (χ1n) is 10.2. The van der Waals surface area contributed by atoms with Crippen LogP contribution in [0.2, 0.25) is 0 Å². The summed E-state index contributed by atoms with van der Waals surface area (Å²) in [7, 11) is 0. The molecule has 1 N–H and O–H groups in total. The first-order valence-corrected chi connectivity index (χ1v) is 10.2. The first-order chi connectivity index (χ1) is 13.8. The second-order valence-corrected chi connectivity index (χ2v) is 7.93. The Balaban J connectivity index is 1.51. The summed E-state index contributed by atoms with van der Waals surface area (Å²) in [6.07, 6.45) is 3.86. The van der Waals surface area contributed by atoms with Gasteiger partial charge in [0.25, 0.3) is 0 Å². The Labute approximate surface area is 165 Å². The van der Waals surface area contributed by atoms with Crippen molar-refractivity contribution in [3.05, 3.63) is 59.4 Å². The Morgan fingerprint density at radius 2 is 1.93 bits per heavy atom. The molecule has 5 heteroatoms. The highest BCUT2D eigenvalue weighted by Crippen LogP contribution is 2.37. The van der Waals surface area contributed by atoms with Crippen LogP contribution in [0.25, 0.3) is 11.0 Å². The monoisotopic (exact) mass is 379 g/mol. The molecule has 2 aromatic carbocycles. The van der Waals surface area contributed by atoms with E-state index in [9.17, 15) is 0 Å². The van der Waals surface area contributed by atoms with Gasteiger partial charge < -0.3 is 14.6 Å². The van der Waals surface area contributed by atoms with Crippen molar-refractivity contribution < 1.29 is 14.2 Å². The third-order valence-corrected chi connectivity index (χ3v) is 6.33. The lowest BCUT2D eigenvalue weighted by molar-refractivity contribution is -0.215. The van der Waals surface area contributed by atoms with Gasteiger partial charge in [-0.1, -0.05) is 18.2 Å². The fourth-order valence-corrected chi connectivity index (χ4v) is 4.85. The van der Waals surface area contributed by atoms with E-state index in [1.165, 1.54) is 27.8 Å². The van der Waals surface area contributed by atoms with E-state index >= 15 is 0 Å². The summed E-state index contributed by atoms with van der Waals surface area (Å²) in [4.78, 5) is 10.7. The van der Waals surface area contributed by atoms with Gasteiger partial charge >= 0.3 is 0 Å². The highest BCUT2D eigenvalue weighted by Gasteiger charge is 2.36. The van der Waals surface area contributed by atoms with Gasteiger partial charge in [-0.25, -0.2) is 0 Å². The van der Waals surface area contributed by atoms with Gasteiger partial charge in [0.1, 0.15) is 11.3 Å². The molecule has 0 spiro atoms. The Morgan fingerprint density at radius 3 is 2.82 bits per heavy atom. The average Bonchev–Trinajstić information content (AvgIpc) is 3.17. The molecule has 28 heavy (non-hydrogen) atoms. The average molecular weight is 379 g/mol. The van der Waals surface area contributed by atoms with Crippen LogP contribution in [0.3, 0.4) is 0 Å². The molecule has 146 valence electrons. The zero-order valence-electron chi connectivity index (χ0n) is 16.4. The van der Waals surface area contributed by atoms with E-state index in [2.05, 4.69) is 42.6 Å². The maximum atomic E-state index is 5.84. The van der Waals surface area contributed by atoms with Crippen molar-refractivity contribution in [3.63, 3.8) is 0 Å². The Kier molecular flexibility index (Phi) is 4.59. The van der Waals surface area contributed by atoms with Crippen LogP contribution in [0.1, 0.15) is 16.7 Å². The number of quaternary nitrogens is 1. The lowest BCUT2D eigenvalue weighted by Gasteiger charge is -2.43. The van der Waals surface area contributed by atoms with Crippen LogP contribution >= 0.6 is 0 Å². The van der Waals surface area contributed by atoms with Crippen LogP contribution in [0.5, 0.6) is 5.75 Å². The number of furan rings is 1. The largest absolute Gasteiger partial charge is 0.464 e. The van der Waals surface area contributed by atoms with Crippen molar-refractivity contribution in [2.75, 3.05) is 39.3 Å². The maximum absolute atomic E-state index is 5.84. The molecule has 0 saturated carbocycles. The van der Waals surface area contributed by atoms with Crippen LogP contribution in [0, 0.1) is 6.92 Å². The van der Waals surface area contributed by atoms with E-state index in [1.807, 2.05) is 12.3 Å². The summed E-state index contributed by atoms with van der Waals surface area (Å²) in [5.41, 5.74) is 6.30. The van der Waals surface area contributed by atoms with Gasteiger partial charge in [0.05, 0.1) is 38.1 Å². The molecule has 3 heterocycles. The second kappa shape index (κ2) is 7.24. The molecule has 2 aliphatic rings. The number of aryl methyl sites for hydroxylation is 1. The quantitative estimate of drug-likeness (QED) is 0.554. The summed E-state index contributed by atoms with van der Waals surface area (Å²) < 4.78 is 6.83. The molecule has 0 unspecified atom stereocenters. The summed E-state index contributed by atoms with van der Waals surface area (Å²) in [5, 5.41) is 4.81. The molecule has 5 nitrogen and oxygen atoms in total. The smallest absolute Gasteiger partial charge is 0.174 e. The van der Waals surface area contributed by atoms with E-state index in [0.29, 0.717) is 6.61 Å². The molecule has 1 saturated heterocycles. The topological polar surface area (TPSA) is 43.6 Å². The minimum absolute atomic E-state index is 0.619. The van der Waals surface area contributed by atoms with Crippen LogP contribution < -0.4 is 14.7 Å². The van der Waals surface area contributed by atoms with Crippen molar-refractivity contribution >= 4 is 16.7 Å². The SMILES string of the molecule is Cc1cccc2occ(CC[N+]3(c4cccc5c4CCOO5)CCNCC3)c12. The number of rotatable bonds is 4. The number of benzene rings is 2. The van der Waals surface area contributed by atoms with Gasteiger partial charge in [0, 0.05) is 36.9 Å². The summed E-state index contributed by atoms with van der Waals surface area (Å²) >= 11 is 0. The third kappa shape index (κ3) is 3.00. The lowest BCUT2D eigenvalue weighted by Crippen LogP contribution is -2.61. The van der Waals surface area contributed by atoms with Gasteiger partial charge in [-0.2, -0.15) is 4.89 Å². The Bertz CT molecular complexity index is 989. The van der Waals surface area contributed by atoms with E-state index in [1.54, 1.807) is 0 Å². The van der Waals surface area contributed by atoms with Crippen molar-refractivity contribution in [3.8, 4) is 5.75 Å². The van der Waals surface area contributed by atoms with Gasteiger partial charge in [0.2, 0.25) is 0 Å². The summed E-state index contributed by atoms with van der Waals surface area (Å²) in [6.45, 7) is 8.09. The molecule has 1 aromatic heterocycles. The first kappa shape index (κ1) is 17.7. The standard InChI is InChI=1S/C23H27N2O3/c1-17-4-2-7-22-23(17)18(16-26-22)8-12-25(13-10-24-11-14-25)20-5-3-6-21-19(20)9-15-27-28-21/h2-7,16,24H,8-15H2,1H3/q+1. The molecule has 1 fully saturated rings. The number of nitrogens with one attached hydrogen (secondary N) is 1. The molecule has 0 atom stereocenters. The van der Waals surface area contributed by atoms with E-state index in [0.717, 1.165) is 61.4 Å². The third-order valence-electron chi connectivity index (χ3n) is 6.33. The minimum atomic E-state index is 0.619.